The van der Waals surface area contributed by atoms with Crippen LogP contribution in [0.3, 0.4) is 0 Å². The number of nitrogens with two attached hydrogens (primary N) is 1. The minimum absolute atomic E-state index is 0.287. The van der Waals surface area contributed by atoms with E-state index in [1.165, 1.54) is 0 Å². The van der Waals surface area contributed by atoms with Gasteiger partial charge in [0.1, 0.15) is 0 Å². The summed E-state index contributed by atoms with van der Waals surface area (Å²) in [6, 6.07) is 4.05. The van der Waals surface area contributed by atoms with E-state index in [1.54, 1.807) is 13.3 Å². The lowest BCUT2D eigenvalue weighted by atomic mass is 9.95. The van der Waals surface area contributed by atoms with Crippen molar-refractivity contribution in [1.29, 1.82) is 0 Å². The number of hydrogen-bond donors (Lipinski definition) is 1. The largest absolute Gasteiger partial charge is 0.481 e. The van der Waals surface area contributed by atoms with E-state index in [9.17, 15) is 0 Å². The highest BCUT2D eigenvalue weighted by Gasteiger charge is 2.32. The molecule has 0 aliphatic carbocycles. The number of aromatic nitrogens is 1. The molecule has 1 aliphatic rings. The van der Waals surface area contributed by atoms with E-state index in [2.05, 4.69) is 22.2 Å². The quantitative estimate of drug-likeness (QED) is 0.891. The highest BCUT2D eigenvalue weighted by molar-refractivity contribution is 8.00. The van der Waals surface area contributed by atoms with Gasteiger partial charge >= 0.3 is 0 Å². The summed E-state index contributed by atoms with van der Waals surface area (Å²) in [5, 5.41) is 0. The third kappa shape index (κ3) is 3.41. The second-order valence-corrected chi connectivity index (χ2v) is 6.31. The monoisotopic (exact) mass is 281 g/mol. The van der Waals surface area contributed by atoms with Gasteiger partial charge < -0.3 is 10.5 Å². The Morgan fingerprint density at radius 3 is 2.79 bits per heavy atom. The van der Waals surface area contributed by atoms with Crippen molar-refractivity contribution in [1.82, 2.24) is 9.88 Å². The molecule has 19 heavy (non-hydrogen) atoms. The molecule has 2 rings (SSSR count). The van der Waals surface area contributed by atoms with Gasteiger partial charge in [-0.1, -0.05) is 6.07 Å². The van der Waals surface area contributed by atoms with Crippen molar-refractivity contribution in [3.8, 4) is 5.88 Å². The average molecular weight is 281 g/mol. The lowest BCUT2D eigenvalue weighted by molar-refractivity contribution is 0.192. The molecule has 0 atom stereocenters. The number of likely N-dealkylation sites (tertiary alicyclic amines) is 1. The van der Waals surface area contributed by atoms with Crippen LogP contribution in [0.4, 0.5) is 0 Å². The fraction of sp³-hybridized carbons (Fsp3) is 0.643. The molecule has 1 aromatic heterocycles. The molecule has 0 unspecified atom stereocenters. The van der Waals surface area contributed by atoms with Crippen molar-refractivity contribution in [2.75, 3.05) is 33.0 Å². The summed E-state index contributed by atoms with van der Waals surface area (Å²) < 4.78 is 5.60. The standard InChI is InChI=1S/C14H23N3OS/c1-18-13-12(4-3-7-16-13)10-17-8-5-14(11-15,19-2)6-9-17/h3-4,7H,5-6,8-11,15H2,1-2H3. The summed E-state index contributed by atoms with van der Waals surface area (Å²) in [4.78, 5) is 6.71. The van der Waals surface area contributed by atoms with E-state index >= 15 is 0 Å². The van der Waals surface area contributed by atoms with Gasteiger partial charge in [0.2, 0.25) is 5.88 Å². The van der Waals surface area contributed by atoms with Crippen LogP contribution in [-0.4, -0.2) is 47.6 Å². The van der Waals surface area contributed by atoms with Crippen molar-refractivity contribution in [2.24, 2.45) is 5.73 Å². The zero-order valence-electron chi connectivity index (χ0n) is 11.8. The second-order valence-electron chi connectivity index (χ2n) is 5.04. The molecule has 0 aromatic carbocycles. The van der Waals surface area contributed by atoms with Crippen LogP contribution in [0.1, 0.15) is 18.4 Å². The zero-order valence-corrected chi connectivity index (χ0v) is 12.6. The lowest BCUT2D eigenvalue weighted by Crippen LogP contribution is -2.46. The average Bonchev–Trinajstić information content (AvgIpc) is 2.49. The van der Waals surface area contributed by atoms with E-state index in [4.69, 9.17) is 10.5 Å². The zero-order chi connectivity index (χ0) is 13.7. The molecule has 4 nitrogen and oxygen atoms in total. The van der Waals surface area contributed by atoms with Gasteiger partial charge in [0, 0.05) is 29.6 Å². The van der Waals surface area contributed by atoms with Gasteiger partial charge in [-0.3, -0.25) is 4.90 Å². The number of hydrogen-bond acceptors (Lipinski definition) is 5. The molecule has 0 spiro atoms. The van der Waals surface area contributed by atoms with Crippen LogP contribution in [0.2, 0.25) is 0 Å². The highest BCUT2D eigenvalue weighted by atomic mass is 32.2. The summed E-state index contributed by atoms with van der Waals surface area (Å²) in [6.45, 7) is 3.87. The summed E-state index contributed by atoms with van der Waals surface area (Å²) >= 11 is 1.92. The van der Waals surface area contributed by atoms with E-state index in [0.29, 0.717) is 0 Å². The first-order valence-corrected chi connectivity index (χ1v) is 7.91. The Hall–Kier alpha value is -0.780. The number of methoxy groups -OCH3 is 1. The van der Waals surface area contributed by atoms with E-state index in [0.717, 1.165) is 50.5 Å². The first-order valence-electron chi connectivity index (χ1n) is 6.68. The Bertz CT molecular complexity index is 399. The van der Waals surface area contributed by atoms with Crippen molar-refractivity contribution in [3.05, 3.63) is 23.9 Å². The van der Waals surface area contributed by atoms with Gasteiger partial charge in [0.15, 0.2) is 0 Å². The lowest BCUT2D eigenvalue weighted by Gasteiger charge is -2.40. The Balaban J connectivity index is 1.95. The van der Waals surface area contributed by atoms with Crippen molar-refractivity contribution in [2.45, 2.75) is 24.1 Å². The number of piperidine rings is 1. The molecule has 5 heteroatoms. The van der Waals surface area contributed by atoms with Crippen LogP contribution < -0.4 is 10.5 Å². The van der Waals surface area contributed by atoms with Gasteiger partial charge in [0.25, 0.3) is 0 Å². The molecule has 106 valence electrons. The third-order valence-electron chi connectivity index (χ3n) is 4.01. The van der Waals surface area contributed by atoms with Crippen molar-refractivity contribution >= 4 is 11.8 Å². The molecule has 0 bridgehead atoms. The van der Waals surface area contributed by atoms with Gasteiger partial charge in [-0.05, 0) is 38.3 Å². The first kappa shape index (κ1) is 14.6. The van der Waals surface area contributed by atoms with Crippen LogP contribution in [0.15, 0.2) is 18.3 Å². The Morgan fingerprint density at radius 2 is 2.21 bits per heavy atom. The van der Waals surface area contributed by atoms with E-state index in [1.807, 2.05) is 17.8 Å². The van der Waals surface area contributed by atoms with E-state index in [-0.39, 0.29) is 4.75 Å². The predicted octanol–water partition coefficient (Wildman–Crippen LogP) is 1.75. The Morgan fingerprint density at radius 1 is 1.47 bits per heavy atom. The third-order valence-corrected chi connectivity index (χ3v) is 5.45. The molecular weight excluding hydrogens is 258 g/mol. The fourth-order valence-electron chi connectivity index (χ4n) is 2.58. The Labute approximate surface area is 119 Å². The molecule has 1 aliphatic heterocycles. The number of rotatable bonds is 5. The van der Waals surface area contributed by atoms with Crippen LogP contribution in [0.5, 0.6) is 5.88 Å². The molecular formula is C14H23N3OS. The predicted molar refractivity (Wildman–Crippen MR) is 80.6 cm³/mol. The molecule has 0 saturated carbocycles. The summed E-state index contributed by atoms with van der Waals surface area (Å²) in [5.41, 5.74) is 7.08. The maximum absolute atomic E-state index is 5.92. The number of pyridine rings is 1. The molecule has 1 fully saturated rings. The number of thioether (sulfide) groups is 1. The smallest absolute Gasteiger partial charge is 0.217 e. The van der Waals surface area contributed by atoms with Crippen LogP contribution in [0, 0.1) is 0 Å². The SMILES string of the molecule is COc1ncccc1CN1CCC(CN)(SC)CC1. The summed E-state index contributed by atoms with van der Waals surface area (Å²) in [7, 11) is 1.68. The van der Waals surface area contributed by atoms with Crippen LogP contribution >= 0.6 is 11.8 Å². The minimum atomic E-state index is 0.287. The molecule has 0 amide bonds. The number of ether oxygens (including phenoxy) is 1. The van der Waals surface area contributed by atoms with E-state index < -0.39 is 0 Å². The normalized spacial score (nSPS) is 19.3. The molecule has 0 radical (unpaired) electrons. The maximum atomic E-state index is 5.92. The van der Waals surface area contributed by atoms with Crippen LogP contribution in [-0.2, 0) is 6.54 Å². The van der Waals surface area contributed by atoms with Crippen molar-refractivity contribution in [3.63, 3.8) is 0 Å². The summed E-state index contributed by atoms with van der Waals surface area (Å²) in [6.07, 6.45) is 6.26. The molecule has 1 saturated heterocycles. The van der Waals surface area contributed by atoms with Gasteiger partial charge in [0.05, 0.1) is 7.11 Å². The summed E-state index contributed by atoms with van der Waals surface area (Å²) in [5.74, 6) is 0.739. The maximum Gasteiger partial charge on any atom is 0.217 e. The molecule has 1 aromatic rings. The first-order chi connectivity index (χ1) is 9.23. The minimum Gasteiger partial charge on any atom is -0.481 e. The second kappa shape index (κ2) is 6.59. The number of nitrogens with zero attached hydrogens (tertiary/aromatic N) is 2. The fourth-order valence-corrected chi connectivity index (χ4v) is 3.34. The van der Waals surface area contributed by atoms with Crippen LogP contribution in [0.25, 0.3) is 0 Å². The van der Waals surface area contributed by atoms with Crippen molar-refractivity contribution < 1.29 is 4.74 Å². The van der Waals surface area contributed by atoms with Gasteiger partial charge in [-0.15, -0.1) is 0 Å². The molecule has 2 N–H and O–H groups in total. The molecule has 2 heterocycles. The van der Waals surface area contributed by atoms with Gasteiger partial charge in [-0.25, -0.2) is 4.98 Å². The topological polar surface area (TPSA) is 51.4 Å². The highest BCUT2D eigenvalue weighted by Crippen LogP contribution is 2.34. The van der Waals surface area contributed by atoms with Gasteiger partial charge in [-0.2, -0.15) is 11.8 Å². The Kier molecular flexibility index (Phi) is 5.07.